The predicted octanol–water partition coefficient (Wildman–Crippen LogP) is 9.18. The van der Waals surface area contributed by atoms with Crippen molar-refractivity contribution in [1.82, 2.24) is 0 Å². The fourth-order valence-corrected chi connectivity index (χ4v) is 9.08. The van der Waals surface area contributed by atoms with E-state index >= 15 is 0 Å². The normalized spacial score (nSPS) is 11.3. The minimum atomic E-state index is -0.974. The zero-order chi connectivity index (χ0) is 34.3. The molecular formula is C45H41BN2S. The van der Waals surface area contributed by atoms with Gasteiger partial charge in [0.05, 0.1) is 17.0 Å². The summed E-state index contributed by atoms with van der Waals surface area (Å²) >= 11 is 0. The monoisotopic (exact) mass is 652 g/mol. The Labute approximate surface area is 295 Å². The summed E-state index contributed by atoms with van der Waals surface area (Å²) in [6, 6.07) is 67.5. The molecule has 0 aliphatic rings. The number of benzene rings is 6. The fourth-order valence-electron chi connectivity index (χ4n) is 6.90. The van der Waals surface area contributed by atoms with Gasteiger partial charge >= 0.3 is 0 Å². The summed E-state index contributed by atoms with van der Waals surface area (Å²) in [5.41, 5.74) is 6.19. The molecule has 0 heterocycles. The van der Waals surface area contributed by atoms with Gasteiger partial charge in [0.15, 0.2) is 9.79 Å². The van der Waals surface area contributed by atoms with Crippen LogP contribution in [0.1, 0.15) is 25.8 Å². The quantitative estimate of drug-likeness (QED) is 0.0842. The fraction of sp³-hybridized carbons (Fsp3) is 0.111. The van der Waals surface area contributed by atoms with Gasteiger partial charge < -0.3 is 0 Å². The highest BCUT2D eigenvalue weighted by Gasteiger charge is 2.34. The minimum absolute atomic E-state index is 0.181. The van der Waals surface area contributed by atoms with E-state index in [1.165, 1.54) is 26.2 Å². The number of allylic oxidation sites excluding steroid dienone is 1. The van der Waals surface area contributed by atoms with E-state index in [0.717, 1.165) is 17.6 Å². The lowest BCUT2D eigenvalue weighted by Gasteiger charge is -2.48. The van der Waals surface area contributed by atoms with Crippen molar-refractivity contribution < 1.29 is 0 Å². The Morgan fingerprint density at radius 2 is 0.857 bits per heavy atom. The third-order valence-electron chi connectivity index (χ3n) is 9.47. The molecule has 0 aromatic heterocycles. The first-order valence-electron chi connectivity index (χ1n) is 16.9. The molecule has 0 aliphatic carbocycles. The van der Waals surface area contributed by atoms with Gasteiger partial charge in [0.1, 0.15) is 23.5 Å². The van der Waals surface area contributed by atoms with E-state index in [1.54, 1.807) is 0 Å². The molecule has 0 amide bonds. The maximum Gasteiger partial charge on any atom is 0.161 e. The summed E-state index contributed by atoms with van der Waals surface area (Å²) in [4.78, 5) is 2.39. The molecule has 0 aliphatic heterocycles. The average Bonchev–Trinajstić information content (AvgIpc) is 3.19. The second-order valence-electron chi connectivity index (χ2n) is 12.2. The molecule has 6 rings (SSSR count). The number of rotatable bonds is 10. The number of hydrogen-bond donors (Lipinski definition) is 0. The molecule has 0 N–H and O–H groups in total. The average molecular weight is 653 g/mol. The second-order valence-corrected chi connectivity index (χ2v) is 14.2. The molecule has 0 bridgehead atoms. The van der Waals surface area contributed by atoms with Crippen molar-refractivity contribution in [3.05, 3.63) is 193 Å². The van der Waals surface area contributed by atoms with Crippen LogP contribution in [-0.4, -0.2) is 11.9 Å². The molecule has 49 heavy (non-hydrogen) atoms. The Bertz CT molecular complexity index is 1830. The van der Waals surface area contributed by atoms with Gasteiger partial charge in [-0.05, 0) is 29.8 Å². The van der Waals surface area contributed by atoms with Crippen LogP contribution < -0.4 is 16.4 Å². The Hall–Kier alpha value is -5.55. The van der Waals surface area contributed by atoms with E-state index in [9.17, 15) is 10.5 Å². The molecule has 6 aromatic carbocycles. The highest BCUT2D eigenvalue weighted by Crippen LogP contribution is 2.30. The van der Waals surface area contributed by atoms with Gasteiger partial charge in [-0.1, -0.05) is 178 Å². The van der Waals surface area contributed by atoms with Crippen molar-refractivity contribution in [1.29, 1.82) is 10.5 Å². The van der Waals surface area contributed by atoms with Crippen molar-refractivity contribution in [2.75, 3.05) is 5.75 Å². The Balaban J connectivity index is 0.000000192. The molecule has 0 fully saturated rings. The SMILES string of the molecule is CCC(C)[B-](c1ccccc1)(c1ccccc1)c1ccccc1.N#CC(C#N)=C(C[S+](c1ccccc1)c1ccccc1)c1ccccc1. The summed E-state index contributed by atoms with van der Waals surface area (Å²) in [7, 11) is -0.266. The van der Waals surface area contributed by atoms with Gasteiger partial charge in [-0.2, -0.15) is 32.7 Å². The molecule has 0 saturated heterocycles. The van der Waals surface area contributed by atoms with Crippen molar-refractivity contribution in [2.45, 2.75) is 35.9 Å². The van der Waals surface area contributed by atoms with Gasteiger partial charge in [0, 0.05) is 5.57 Å². The largest absolute Gasteiger partial charge is 0.200 e. The Morgan fingerprint density at radius 3 is 1.18 bits per heavy atom. The molecule has 0 radical (unpaired) electrons. The van der Waals surface area contributed by atoms with E-state index in [-0.39, 0.29) is 16.5 Å². The summed E-state index contributed by atoms with van der Waals surface area (Å²) < 4.78 is 0. The topological polar surface area (TPSA) is 47.6 Å². The van der Waals surface area contributed by atoms with Crippen molar-refractivity contribution in [2.24, 2.45) is 0 Å². The van der Waals surface area contributed by atoms with E-state index < -0.39 is 6.15 Å². The standard InChI is InChI=1S/C23H17N2S.C22H24B/c24-16-20(17-25)23(19-10-4-1-5-11-19)18-26(21-12-6-2-7-13-21)22-14-8-3-9-15-22;1-3-19(2)23(20-13-7-4-8-14-20,21-15-9-5-10-16-21)22-17-11-6-12-18-22/h1-15H,18H2;4-19H,3H2,1-2H3/q+1;-1. The molecule has 1 unspecified atom stereocenters. The molecular weight excluding hydrogens is 611 g/mol. The Kier molecular flexibility index (Phi) is 12.5. The number of hydrogen-bond acceptors (Lipinski definition) is 2. The number of nitriles is 2. The third kappa shape index (κ3) is 8.13. The zero-order valence-corrected chi connectivity index (χ0v) is 29.0. The smallest absolute Gasteiger partial charge is 0.161 e. The second kappa shape index (κ2) is 17.6. The van der Waals surface area contributed by atoms with Crippen LogP contribution in [0.15, 0.2) is 197 Å². The van der Waals surface area contributed by atoms with Gasteiger partial charge in [-0.3, -0.25) is 0 Å². The molecule has 2 nitrogen and oxygen atoms in total. The lowest BCUT2D eigenvalue weighted by Crippen LogP contribution is -2.69. The highest BCUT2D eigenvalue weighted by atomic mass is 32.2. The van der Waals surface area contributed by atoms with Crippen LogP contribution in [0.4, 0.5) is 0 Å². The van der Waals surface area contributed by atoms with Crippen LogP contribution in [0.25, 0.3) is 5.57 Å². The summed E-state index contributed by atoms with van der Waals surface area (Å²) in [6.07, 6.45) is 0.177. The van der Waals surface area contributed by atoms with Gasteiger partial charge in [-0.15, -0.1) is 0 Å². The van der Waals surface area contributed by atoms with Crippen LogP contribution in [0.2, 0.25) is 5.82 Å². The van der Waals surface area contributed by atoms with Crippen molar-refractivity contribution in [3.8, 4) is 12.1 Å². The lowest BCUT2D eigenvalue weighted by molar-refractivity contribution is 0.857. The molecule has 240 valence electrons. The third-order valence-corrected chi connectivity index (χ3v) is 11.7. The highest BCUT2D eigenvalue weighted by molar-refractivity contribution is 7.97. The number of nitrogens with zero attached hydrogens (tertiary/aromatic N) is 2. The van der Waals surface area contributed by atoms with Crippen molar-refractivity contribution in [3.63, 3.8) is 0 Å². The van der Waals surface area contributed by atoms with Gasteiger partial charge in [0.25, 0.3) is 0 Å². The van der Waals surface area contributed by atoms with Crippen LogP contribution >= 0.6 is 0 Å². The van der Waals surface area contributed by atoms with Gasteiger partial charge in [-0.25, -0.2) is 0 Å². The summed E-state index contributed by atoms with van der Waals surface area (Å²) in [5, 5.41) is 19.0. The van der Waals surface area contributed by atoms with E-state index in [1.807, 2.05) is 66.7 Å². The van der Waals surface area contributed by atoms with Gasteiger partial charge in [0.2, 0.25) is 0 Å². The lowest BCUT2D eigenvalue weighted by atomic mass is 9.10. The predicted molar refractivity (Wildman–Crippen MR) is 210 cm³/mol. The van der Waals surface area contributed by atoms with E-state index in [4.69, 9.17) is 0 Å². The summed E-state index contributed by atoms with van der Waals surface area (Å²) in [5.74, 6) is 1.18. The van der Waals surface area contributed by atoms with Crippen LogP contribution in [0.3, 0.4) is 0 Å². The van der Waals surface area contributed by atoms with E-state index in [0.29, 0.717) is 11.6 Å². The first-order valence-corrected chi connectivity index (χ1v) is 18.2. The first-order chi connectivity index (χ1) is 24.1. The van der Waals surface area contributed by atoms with Crippen LogP contribution in [0, 0.1) is 22.7 Å². The first kappa shape index (κ1) is 34.8. The molecule has 0 saturated carbocycles. The maximum absolute atomic E-state index is 9.48. The molecule has 6 aromatic rings. The Morgan fingerprint density at radius 1 is 0.531 bits per heavy atom. The molecule has 0 spiro atoms. The maximum atomic E-state index is 9.48. The van der Waals surface area contributed by atoms with Crippen molar-refractivity contribution >= 4 is 39.0 Å². The molecule has 1 atom stereocenters. The van der Waals surface area contributed by atoms with Crippen LogP contribution in [0.5, 0.6) is 0 Å². The minimum Gasteiger partial charge on any atom is -0.200 e. The van der Waals surface area contributed by atoms with E-state index in [2.05, 4.69) is 141 Å². The zero-order valence-electron chi connectivity index (χ0n) is 28.2. The van der Waals surface area contributed by atoms with Crippen LogP contribution in [-0.2, 0) is 10.9 Å². The summed E-state index contributed by atoms with van der Waals surface area (Å²) in [6.45, 7) is 4.70. The molecule has 4 heteroatoms.